The van der Waals surface area contributed by atoms with E-state index >= 15 is 0 Å². The number of amides is 3. The van der Waals surface area contributed by atoms with Crippen molar-refractivity contribution in [3.05, 3.63) is 16.3 Å². The van der Waals surface area contributed by atoms with Crippen molar-refractivity contribution in [2.45, 2.75) is 6.10 Å². The third-order valence-corrected chi connectivity index (χ3v) is 7.48. The summed E-state index contributed by atoms with van der Waals surface area (Å²) in [5.41, 5.74) is 5.82. The van der Waals surface area contributed by atoms with Crippen LogP contribution < -0.4 is 21.3 Å². The fourth-order valence-electron chi connectivity index (χ4n) is 2.64. The van der Waals surface area contributed by atoms with Crippen LogP contribution in [-0.2, 0) is 9.59 Å². The highest BCUT2D eigenvalue weighted by atomic mass is 127. The molecule has 0 aliphatic heterocycles. The number of aliphatic hydroxyl groups is 5. The van der Waals surface area contributed by atoms with Crippen LogP contribution in [0.5, 0.6) is 0 Å². The molecule has 1 rings (SSSR count). The lowest BCUT2D eigenvalue weighted by atomic mass is 10.1. The summed E-state index contributed by atoms with van der Waals surface area (Å²) in [6.07, 6.45) is -1.37. The SMILES string of the molecule is NCC(=O)Nc1c(I)c(C(=O)NCCO)c(I)c(N(CC(O)CO)C(=O)C(CO)CO)c1I. The van der Waals surface area contributed by atoms with Gasteiger partial charge in [-0.25, -0.2) is 0 Å². The van der Waals surface area contributed by atoms with E-state index in [-0.39, 0.29) is 40.2 Å². The first-order valence-electron chi connectivity index (χ1n) is 9.50. The van der Waals surface area contributed by atoms with Gasteiger partial charge in [0.25, 0.3) is 5.91 Å². The molecule has 1 unspecified atom stereocenters. The Balaban J connectivity index is 3.90. The van der Waals surface area contributed by atoms with Crippen LogP contribution >= 0.6 is 67.8 Å². The summed E-state index contributed by atoms with van der Waals surface area (Å²) in [4.78, 5) is 39.2. The number of nitrogens with zero attached hydrogens (tertiary/aromatic N) is 1. The van der Waals surface area contributed by atoms with Crippen LogP contribution in [0.4, 0.5) is 11.4 Å². The quantitative estimate of drug-likeness (QED) is 0.115. The smallest absolute Gasteiger partial charge is 0.253 e. The number of hydrogen-bond donors (Lipinski definition) is 8. The Hall–Kier alpha value is -0.420. The number of rotatable bonds is 12. The first-order valence-corrected chi connectivity index (χ1v) is 12.7. The van der Waals surface area contributed by atoms with Crippen molar-refractivity contribution in [3.8, 4) is 0 Å². The summed E-state index contributed by atoms with van der Waals surface area (Å²) < 4.78 is 0.948. The van der Waals surface area contributed by atoms with Crippen LogP contribution in [0, 0.1) is 16.6 Å². The molecule has 1 atom stereocenters. The van der Waals surface area contributed by atoms with E-state index in [0.29, 0.717) is 7.14 Å². The van der Waals surface area contributed by atoms with E-state index in [1.54, 1.807) is 0 Å². The lowest BCUT2D eigenvalue weighted by Gasteiger charge is -2.31. The fraction of sp³-hybridized carbons (Fsp3) is 0.500. The molecule has 0 aromatic heterocycles. The zero-order valence-electron chi connectivity index (χ0n) is 17.2. The molecule has 0 heterocycles. The second-order valence-corrected chi connectivity index (χ2v) is 9.86. The van der Waals surface area contributed by atoms with Crippen molar-refractivity contribution >= 4 is 96.9 Å². The van der Waals surface area contributed by atoms with Crippen LogP contribution in [0.15, 0.2) is 0 Å². The number of hydrogen-bond acceptors (Lipinski definition) is 9. The summed E-state index contributed by atoms with van der Waals surface area (Å²) in [5.74, 6) is -3.14. The average molecular weight is 806 g/mol. The predicted octanol–water partition coefficient (Wildman–Crippen LogP) is -1.59. The number of nitrogens with two attached hydrogens (primary N) is 1. The van der Waals surface area contributed by atoms with Gasteiger partial charge in [-0.15, -0.1) is 0 Å². The lowest BCUT2D eigenvalue weighted by molar-refractivity contribution is -0.125. The Morgan fingerprint density at radius 2 is 1.58 bits per heavy atom. The van der Waals surface area contributed by atoms with Gasteiger partial charge >= 0.3 is 0 Å². The fourth-order valence-corrected chi connectivity index (χ4v) is 7.15. The maximum atomic E-state index is 13.2. The van der Waals surface area contributed by atoms with Gasteiger partial charge in [-0.2, -0.15) is 0 Å². The predicted molar refractivity (Wildman–Crippen MR) is 145 cm³/mol. The molecule has 0 aliphatic rings. The molecule has 0 aliphatic carbocycles. The lowest BCUT2D eigenvalue weighted by Crippen LogP contribution is -2.45. The first kappa shape index (κ1) is 30.6. The number of aliphatic hydroxyl groups excluding tert-OH is 5. The second kappa shape index (κ2) is 14.9. The van der Waals surface area contributed by atoms with Gasteiger partial charge in [-0.1, -0.05) is 0 Å². The maximum Gasteiger partial charge on any atom is 0.253 e. The highest BCUT2D eigenvalue weighted by molar-refractivity contribution is 14.1. The molecule has 15 heteroatoms. The standard InChI is InChI=1S/C18H25I3N4O8/c19-12-11(17(32)23-1-2-26)13(20)16(14(21)15(12)24-10(31)3-22)25(4-9(30)7-29)18(33)8(5-27)6-28/h8-9,26-30H,1-7,22H2,(H,23,32)(H,24,31). The zero-order valence-corrected chi connectivity index (χ0v) is 23.7. The molecule has 1 aromatic rings. The molecule has 0 spiro atoms. The minimum absolute atomic E-state index is 0.0419. The van der Waals surface area contributed by atoms with Crippen LogP contribution in [-0.4, -0.2) is 95.4 Å². The Labute approximate surface area is 230 Å². The van der Waals surface area contributed by atoms with Gasteiger partial charge in [0.1, 0.15) is 0 Å². The molecule has 0 saturated carbocycles. The second-order valence-electron chi connectivity index (χ2n) is 6.62. The topological polar surface area (TPSA) is 206 Å². The number of carbonyl (C=O) groups is 3. The number of anilines is 2. The van der Waals surface area contributed by atoms with E-state index < -0.39 is 56.1 Å². The van der Waals surface area contributed by atoms with Crippen molar-refractivity contribution in [1.29, 1.82) is 0 Å². The Bertz CT molecular complexity index is 870. The van der Waals surface area contributed by atoms with Crippen LogP contribution in [0.25, 0.3) is 0 Å². The van der Waals surface area contributed by atoms with Gasteiger partial charge in [-0.05, 0) is 67.8 Å². The van der Waals surface area contributed by atoms with Gasteiger partial charge in [-0.3, -0.25) is 14.4 Å². The number of benzene rings is 1. The Morgan fingerprint density at radius 3 is 2.06 bits per heavy atom. The molecule has 33 heavy (non-hydrogen) atoms. The molecule has 0 radical (unpaired) electrons. The van der Waals surface area contributed by atoms with Crippen LogP contribution in [0.2, 0.25) is 0 Å². The van der Waals surface area contributed by atoms with Gasteiger partial charge in [0.15, 0.2) is 0 Å². The van der Waals surface area contributed by atoms with Crippen LogP contribution in [0.3, 0.4) is 0 Å². The van der Waals surface area contributed by atoms with E-state index in [1.165, 1.54) is 0 Å². The van der Waals surface area contributed by atoms with E-state index in [4.69, 9.17) is 10.8 Å². The summed E-state index contributed by atoms with van der Waals surface area (Å²) in [5, 5.41) is 52.7. The minimum atomic E-state index is -1.37. The van der Waals surface area contributed by atoms with Crippen molar-refractivity contribution in [2.24, 2.45) is 11.7 Å². The summed E-state index contributed by atoms with van der Waals surface area (Å²) in [7, 11) is 0. The molecule has 1 aromatic carbocycles. The van der Waals surface area contributed by atoms with Crippen molar-refractivity contribution in [1.82, 2.24) is 5.32 Å². The van der Waals surface area contributed by atoms with Gasteiger partial charge in [0.2, 0.25) is 11.8 Å². The van der Waals surface area contributed by atoms with Gasteiger partial charge < -0.3 is 46.8 Å². The normalized spacial score (nSPS) is 11.9. The monoisotopic (exact) mass is 806 g/mol. The third-order valence-electron chi connectivity index (χ3n) is 4.30. The molecule has 3 amide bonds. The van der Waals surface area contributed by atoms with Crippen molar-refractivity contribution in [2.75, 3.05) is 56.3 Å². The third kappa shape index (κ3) is 7.78. The number of carbonyl (C=O) groups excluding carboxylic acids is 3. The molecule has 12 nitrogen and oxygen atoms in total. The Kier molecular flexibility index (Phi) is 13.8. The molecule has 0 saturated heterocycles. The van der Waals surface area contributed by atoms with E-state index in [2.05, 4.69) is 10.6 Å². The molecule has 0 bridgehead atoms. The zero-order chi connectivity index (χ0) is 25.3. The Morgan fingerprint density at radius 1 is 0.970 bits per heavy atom. The van der Waals surface area contributed by atoms with E-state index in [9.17, 15) is 34.8 Å². The summed E-state index contributed by atoms with van der Waals surface area (Å²) in [6, 6.07) is 0. The molecule has 0 fully saturated rings. The average Bonchev–Trinajstić information content (AvgIpc) is 2.79. The minimum Gasteiger partial charge on any atom is -0.395 e. The molecular weight excluding hydrogens is 781 g/mol. The summed E-state index contributed by atoms with van der Waals surface area (Å²) >= 11 is 5.57. The number of halogens is 3. The summed E-state index contributed by atoms with van der Waals surface area (Å²) in [6.45, 7) is -3.15. The van der Waals surface area contributed by atoms with E-state index in [1.807, 2.05) is 67.8 Å². The van der Waals surface area contributed by atoms with Crippen molar-refractivity contribution in [3.63, 3.8) is 0 Å². The largest absolute Gasteiger partial charge is 0.395 e. The van der Waals surface area contributed by atoms with Gasteiger partial charge in [0.05, 0.1) is 79.2 Å². The highest BCUT2D eigenvalue weighted by Gasteiger charge is 2.33. The van der Waals surface area contributed by atoms with Crippen LogP contribution in [0.1, 0.15) is 10.4 Å². The molecular formula is C18H25I3N4O8. The number of nitrogens with one attached hydrogen (secondary N) is 2. The highest BCUT2D eigenvalue weighted by Crippen LogP contribution is 2.41. The van der Waals surface area contributed by atoms with E-state index in [0.717, 1.165) is 4.90 Å². The molecule has 9 N–H and O–H groups in total. The van der Waals surface area contributed by atoms with Gasteiger partial charge in [0, 0.05) is 6.54 Å². The molecule has 186 valence electrons. The first-order chi connectivity index (χ1) is 15.6. The maximum absolute atomic E-state index is 13.2. The van der Waals surface area contributed by atoms with Crippen molar-refractivity contribution < 1.29 is 39.9 Å².